The van der Waals surface area contributed by atoms with Gasteiger partial charge in [-0.05, 0) is 11.6 Å². The van der Waals surface area contributed by atoms with Crippen LogP contribution in [-0.2, 0) is 12.7 Å². The average molecular weight is 372 g/mol. The Morgan fingerprint density at radius 2 is 2.07 bits per heavy atom. The zero-order valence-corrected chi connectivity index (χ0v) is 14.5. The lowest BCUT2D eigenvalue weighted by atomic mass is 9.47. The number of imidazole rings is 1. The highest BCUT2D eigenvalue weighted by Gasteiger charge is 2.36. The molecule has 0 bridgehead atoms. The van der Waals surface area contributed by atoms with Gasteiger partial charge in [-0.25, -0.2) is 9.78 Å². The molecule has 142 valence electrons. The average Bonchev–Trinajstić information content (AvgIpc) is 3.10. The summed E-state index contributed by atoms with van der Waals surface area (Å²) >= 11 is 0. The van der Waals surface area contributed by atoms with Crippen molar-refractivity contribution < 1.29 is 29.5 Å². The molecule has 1 amide bonds. The van der Waals surface area contributed by atoms with Crippen LogP contribution in [0.15, 0.2) is 24.5 Å². The van der Waals surface area contributed by atoms with E-state index in [0.717, 1.165) is 5.56 Å². The van der Waals surface area contributed by atoms with Crippen LogP contribution >= 0.6 is 0 Å². The summed E-state index contributed by atoms with van der Waals surface area (Å²) in [5.74, 6) is -0.974. The summed E-state index contributed by atoms with van der Waals surface area (Å²) in [7, 11) is 0. The maximum atomic E-state index is 12.2. The van der Waals surface area contributed by atoms with Gasteiger partial charge in [-0.3, -0.25) is 4.79 Å². The van der Waals surface area contributed by atoms with Gasteiger partial charge in [0.1, 0.15) is 17.4 Å². The number of amides is 1. The van der Waals surface area contributed by atoms with Crippen LogP contribution in [0.2, 0.25) is 6.32 Å². The van der Waals surface area contributed by atoms with Crippen LogP contribution in [0.4, 0.5) is 0 Å². The maximum Gasteiger partial charge on any atom is 0.339 e. The lowest BCUT2D eigenvalue weighted by Gasteiger charge is -2.39. The molecule has 9 nitrogen and oxygen atoms in total. The molecule has 0 spiro atoms. The van der Waals surface area contributed by atoms with Crippen LogP contribution in [0, 0.1) is 0 Å². The number of hydrogen-bond acceptors (Lipinski definition) is 6. The van der Waals surface area contributed by atoms with E-state index in [0.29, 0.717) is 25.1 Å². The standard InChI is InChI=1S/C17H19BN3O6/c22-16(15-19-5-6-20-15)21-8-11(9-21)27-13-2-1-10-3-4-18(25,26)7-12(10)14(13)17(23)24/h1-2,5-6,11,25-26H,3-4,7-9H2,(H,19,20)(H,23,24)/q-1. The van der Waals surface area contributed by atoms with E-state index in [2.05, 4.69) is 9.97 Å². The summed E-state index contributed by atoms with van der Waals surface area (Å²) in [4.78, 5) is 32.2. The molecule has 2 aliphatic rings. The van der Waals surface area contributed by atoms with E-state index in [1.807, 2.05) is 0 Å². The molecule has 0 aliphatic carbocycles. The predicted molar refractivity (Wildman–Crippen MR) is 94.7 cm³/mol. The van der Waals surface area contributed by atoms with Crippen LogP contribution in [-0.4, -0.2) is 67.6 Å². The Kier molecular flexibility index (Phi) is 4.16. The minimum atomic E-state index is -2.59. The van der Waals surface area contributed by atoms with Gasteiger partial charge in [0.15, 0.2) is 5.82 Å². The summed E-state index contributed by atoms with van der Waals surface area (Å²) in [5.41, 5.74) is 1.18. The van der Waals surface area contributed by atoms with E-state index in [1.54, 1.807) is 23.2 Å². The Morgan fingerprint density at radius 1 is 1.30 bits per heavy atom. The second kappa shape index (κ2) is 6.40. The third kappa shape index (κ3) is 3.29. The van der Waals surface area contributed by atoms with E-state index in [-0.39, 0.29) is 41.8 Å². The third-order valence-corrected chi connectivity index (χ3v) is 5.12. The minimum Gasteiger partial charge on any atom is -0.583 e. The Bertz CT molecular complexity index is 892. The molecule has 1 saturated heterocycles. The Morgan fingerprint density at radius 3 is 2.74 bits per heavy atom. The molecule has 0 unspecified atom stereocenters. The second-order valence-corrected chi connectivity index (χ2v) is 7.15. The summed E-state index contributed by atoms with van der Waals surface area (Å²) < 4.78 is 5.81. The summed E-state index contributed by atoms with van der Waals surface area (Å²) in [6.07, 6.45) is 3.27. The number of likely N-dealkylation sites (tertiary alicyclic amines) is 1. The quantitative estimate of drug-likeness (QED) is 0.558. The lowest BCUT2D eigenvalue weighted by molar-refractivity contribution is 0.0161. The van der Waals surface area contributed by atoms with Gasteiger partial charge >= 0.3 is 5.97 Å². The molecular formula is C17H19BN3O6-. The van der Waals surface area contributed by atoms with Gasteiger partial charge in [-0.2, -0.15) is 0 Å². The largest absolute Gasteiger partial charge is 0.583 e. The zero-order chi connectivity index (χ0) is 19.2. The number of nitrogens with one attached hydrogen (secondary N) is 1. The van der Waals surface area contributed by atoms with Gasteiger partial charge in [0.2, 0.25) is 6.55 Å². The molecule has 2 aromatic rings. The minimum absolute atomic E-state index is 0.0302. The molecule has 27 heavy (non-hydrogen) atoms. The predicted octanol–water partition coefficient (Wildman–Crippen LogP) is 0.0759. The van der Waals surface area contributed by atoms with Crippen molar-refractivity contribution in [2.75, 3.05) is 13.1 Å². The first kappa shape index (κ1) is 17.6. The molecule has 0 radical (unpaired) electrons. The first-order valence-electron chi connectivity index (χ1n) is 8.80. The Balaban J connectivity index is 1.50. The van der Waals surface area contributed by atoms with E-state index in [9.17, 15) is 24.7 Å². The van der Waals surface area contributed by atoms with Crippen molar-refractivity contribution in [3.63, 3.8) is 0 Å². The number of carbonyl (C=O) groups excluding carboxylic acids is 1. The van der Waals surface area contributed by atoms with Crippen molar-refractivity contribution in [3.8, 4) is 5.75 Å². The lowest BCUT2D eigenvalue weighted by Crippen LogP contribution is -2.56. The number of carboxylic acids is 1. The topological polar surface area (TPSA) is 136 Å². The van der Waals surface area contributed by atoms with E-state index in [1.165, 1.54) is 6.20 Å². The molecule has 1 fully saturated rings. The van der Waals surface area contributed by atoms with E-state index >= 15 is 0 Å². The molecule has 0 atom stereocenters. The molecule has 4 rings (SSSR count). The van der Waals surface area contributed by atoms with Crippen molar-refractivity contribution in [2.24, 2.45) is 0 Å². The fourth-order valence-electron chi connectivity index (χ4n) is 3.68. The first-order chi connectivity index (χ1) is 12.8. The van der Waals surface area contributed by atoms with E-state index < -0.39 is 12.5 Å². The van der Waals surface area contributed by atoms with Crippen molar-refractivity contribution in [2.45, 2.75) is 25.2 Å². The highest BCUT2D eigenvalue weighted by Crippen LogP contribution is 2.34. The number of benzene rings is 1. The Labute approximate surface area is 154 Å². The molecule has 4 N–H and O–H groups in total. The van der Waals surface area contributed by atoms with Gasteiger partial charge in [-0.1, -0.05) is 18.1 Å². The van der Waals surface area contributed by atoms with Crippen molar-refractivity contribution >= 4 is 18.4 Å². The molecule has 1 aromatic heterocycles. The number of aromatic amines is 1. The summed E-state index contributed by atoms with van der Waals surface area (Å²) in [6, 6.07) is 3.38. The normalized spacial score (nSPS) is 18.5. The van der Waals surface area contributed by atoms with Crippen LogP contribution in [0.3, 0.4) is 0 Å². The number of aryl methyl sites for hydroxylation is 1. The van der Waals surface area contributed by atoms with Gasteiger partial charge in [-0.15, -0.1) is 12.6 Å². The number of aromatic carboxylic acids is 1. The van der Waals surface area contributed by atoms with Gasteiger partial charge in [0.05, 0.1) is 13.1 Å². The molecule has 2 aliphatic heterocycles. The van der Waals surface area contributed by atoms with Crippen molar-refractivity contribution in [1.29, 1.82) is 0 Å². The summed E-state index contributed by atoms with van der Waals surface area (Å²) in [5, 5.41) is 29.6. The number of H-pyrrole nitrogens is 1. The van der Waals surface area contributed by atoms with Gasteiger partial charge in [0, 0.05) is 12.4 Å². The van der Waals surface area contributed by atoms with Crippen LogP contribution in [0.1, 0.15) is 32.1 Å². The number of carbonyl (C=O) groups is 2. The van der Waals surface area contributed by atoms with Gasteiger partial charge < -0.3 is 29.8 Å². The fourth-order valence-corrected chi connectivity index (χ4v) is 3.68. The molecular weight excluding hydrogens is 353 g/mol. The van der Waals surface area contributed by atoms with Crippen molar-refractivity contribution in [3.05, 3.63) is 47.0 Å². The van der Waals surface area contributed by atoms with Crippen LogP contribution in [0.5, 0.6) is 5.75 Å². The van der Waals surface area contributed by atoms with Gasteiger partial charge in [0.25, 0.3) is 5.91 Å². The number of nitrogens with zero attached hydrogens (tertiary/aromatic N) is 2. The number of fused-ring (bicyclic) bond motifs is 1. The molecule has 3 heterocycles. The zero-order valence-electron chi connectivity index (χ0n) is 14.5. The number of rotatable bonds is 4. The van der Waals surface area contributed by atoms with Crippen LogP contribution in [0.25, 0.3) is 0 Å². The number of carboxylic acid groups (broad SMARTS) is 1. The molecule has 10 heteroatoms. The Hall–Kier alpha value is -2.85. The summed E-state index contributed by atoms with van der Waals surface area (Å²) in [6.45, 7) is -1.95. The number of ether oxygens (including phenoxy) is 1. The number of hydrogen-bond donors (Lipinski definition) is 4. The second-order valence-electron chi connectivity index (χ2n) is 7.15. The smallest absolute Gasteiger partial charge is 0.339 e. The third-order valence-electron chi connectivity index (χ3n) is 5.12. The highest BCUT2D eigenvalue weighted by molar-refractivity contribution is 6.64. The molecule has 1 aromatic carbocycles. The SMILES string of the molecule is O=C(O)c1c(OC2CN(C(=O)c3ncc[nH]3)C2)ccc2c1C[B-](O)(O)CC2. The fraction of sp³-hybridized carbons (Fsp3) is 0.353. The van der Waals surface area contributed by atoms with Crippen molar-refractivity contribution in [1.82, 2.24) is 14.9 Å². The van der Waals surface area contributed by atoms with E-state index in [4.69, 9.17) is 4.74 Å². The number of aromatic nitrogens is 2. The maximum absolute atomic E-state index is 12.2. The molecule has 0 saturated carbocycles. The van der Waals surface area contributed by atoms with Crippen LogP contribution < -0.4 is 4.74 Å². The monoisotopic (exact) mass is 372 g/mol. The first-order valence-corrected chi connectivity index (χ1v) is 8.80. The highest BCUT2D eigenvalue weighted by atomic mass is 16.5.